The first-order chi connectivity index (χ1) is 16.7. The highest BCUT2D eigenvalue weighted by Crippen LogP contribution is 2.30. The molecule has 0 saturated heterocycles. The van der Waals surface area contributed by atoms with Gasteiger partial charge >= 0.3 is 0 Å². The van der Waals surface area contributed by atoms with Crippen molar-refractivity contribution in [2.45, 2.75) is 0 Å². The summed E-state index contributed by atoms with van der Waals surface area (Å²) in [6.45, 7) is 1.92. The number of halogens is 2. The highest BCUT2D eigenvalue weighted by atomic mass is 35.5. The van der Waals surface area contributed by atoms with Crippen LogP contribution < -0.4 is 10.1 Å². The predicted molar refractivity (Wildman–Crippen MR) is 132 cm³/mol. The number of aliphatic imine (C=N–C) groups is 1. The number of hydrogen-bond donors (Lipinski definition) is 1. The van der Waals surface area contributed by atoms with Gasteiger partial charge in [-0.1, -0.05) is 11.6 Å². The van der Waals surface area contributed by atoms with E-state index in [1.165, 1.54) is 18.2 Å². The van der Waals surface area contributed by atoms with Gasteiger partial charge in [0.05, 0.1) is 29.6 Å². The van der Waals surface area contributed by atoms with Gasteiger partial charge in [-0.2, -0.15) is 10.2 Å². The summed E-state index contributed by atoms with van der Waals surface area (Å²) in [6, 6.07) is 13.7. The Morgan fingerprint density at radius 1 is 1.12 bits per heavy atom. The lowest BCUT2D eigenvalue weighted by molar-refractivity contribution is 0.257. The van der Waals surface area contributed by atoms with Gasteiger partial charge in [0.1, 0.15) is 24.8 Å². The number of benzene rings is 2. The average Bonchev–Trinajstić information content (AvgIpc) is 2.86. The number of ether oxygens (including phenoxy) is 1. The first-order valence-electron chi connectivity index (χ1n) is 10.6. The molecule has 0 atom stereocenters. The minimum atomic E-state index is -0.415. The Kier molecular flexibility index (Phi) is 6.31. The second kappa shape index (κ2) is 9.84. The lowest BCUT2D eigenvalue weighted by Gasteiger charge is -2.19. The number of rotatable bonds is 7. The van der Waals surface area contributed by atoms with Crippen LogP contribution in [0.2, 0.25) is 5.02 Å². The van der Waals surface area contributed by atoms with Crippen LogP contribution in [0.15, 0.2) is 78.2 Å². The van der Waals surface area contributed by atoms with Crippen molar-refractivity contribution < 1.29 is 9.13 Å². The van der Waals surface area contributed by atoms with Crippen LogP contribution in [0.3, 0.4) is 0 Å². The van der Waals surface area contributed by atoms with Crippen molar-refractivity contribution in [3.05, 3.63) is 84.0 Å². The molecule has 34 heavy (non-hydrogen) atoms. The van der Waals surface area contributed by atoms with Crippen LogP contribution in [0, 0.1) is 5.82 Å². The molecule has 0 spiro atoms. The molecule has 0 aliphatic carbocycles. The second-order valence-electron chi connectivity index (χ2n) is 7.59. The zero-order valence-corrected chi connectivity index (χ0v) is 18.8. The van der Waals surface area contributed by atoms with Gasteiger partial charge in [-0.3, -0.25) is 9.98 Å². The lowest BCUT2D eigenvalue weighted by atomic mass is 10.1. The fourth-order valence-electron chi connectivity index (χ4n) is 3.59. The van der Waals surface area contributed by atoms with E-state index in [1.54, 1.807) is 24.7 Å². The molecule has 1 N–H and O–H groups in total. The number of fused-ring (bicyclic) bond motifs is 1. The maximum absolute atomic E-state index is 14.3. The number of allylic oxidation sites excluding steroid dienone is 1. The molecule has 7 nitrogen and oxygen atoms in total. The molecule has 0 bridgehead atoms. The Morgan fingerprint density at radius 2 is 2.06 bits per heavy atom. The van der Waals surface area contributed by atoms with Crippen LogP contribution in [-0.2, 0) is 0 Å². The minimum absolute atomic E-state index is 0.289. The van der Waals surface area contributed by atoms with Crippen LogP contribution in [-0.4, -0.2) is 46.1 Å². The smallest absolute Gasteiger partial charge is 0.132 e. The summed E-state index contributed by atoms with van der Waals surface area (Å²) >= 11 is 6.03. The van der Waals surface area contributed by atoms with E-state index in [2.05, 4.69) is 30.4 Å². The average molecular weight is 475 g/mol. The number of anilines is 2. The number of nitrogens with zero attached hydrogens (tertiary/aromatic N) is 5. The van der Waals surface area contributed by atoms with Gasteiger partial charge in [0.15, 0.2) is 0 Å². The molecule has 1 aliphatic rings. The van der Waals surface area contributed by atoms with Gasteiger partial charge in [-0.05, 0) is 48.5 Å². The van der Waals surface area contributed by atoms with Crippen molar-refractivity contribution in [1.82, 2.24) is 20.1 Å². The molecule has 0 radical (unpaired) electrons. The molecule has 5 rings (SSSR count). The highest BCUT2D eigenvalue weighted by molar-refractivity contribution is 6.30. The first-order valence-corrected chi connectivity index (χ1v) is 11.0. The van der Waals surface area contributed by atoms with Gasteiger partial charge in [0.2, 0.25) is 0 Å². The highest BCUT2D eigenvalue weighted by Gasteiger charge is 2.11. The van der Waals surface area contributed by atoms with E-state index in [0.717, 1.165) is 28.9 Å². The third-order valence-electron chi connectivity index (χ3n) is 5.25. The molecule has 0 amide bonds. The van der Waals surface area contributed by atoms with E-state index in [0.29, 0.717) is 29.7 Å². The molecule has 0 saturated carbocycles. The summed E-state index contributed by atoms with van der Waals surface area (Å²) in [5, 5.41) is 12.7. The van der Waals surface area contributed by atoms with Gasteiger partial charge < -0.3 is 15.0 Å². The summed E-state index contributed by atoms with van der Waals surface area (Å²) in [5.74, 6) is 0.327. The molecular formula is C25H20ClFN6O. The summed E-state index contributed by atoms with van der Waals surface area (Å²) in [4.78, 5) is 10.8. The molecular weight excluding hydrogens is 455 g/mol. The number of pyridine rings is 1. The fourth-order valence-corrected chi connectivity index (χ4v) is 3.76. The van der Waals surface area contributed by atoms with Crippen molar-refractivity contribution >= 4 is 40.1 Å². The second-order valence-corrected chi connectivity index (χ2v) is 8.03. The Bertz CT molecular complexity index is 1390. The van der Waals surface area contributed by atoms with E-state index in [4.69, 9.17) is 16.3 Å². The van der Waals surface area contributed by atoms with Gasteiger partial charge in [-0.25, -0.2) is 4.39 Å². The number of aromatic nitrogens is 3. The zero-order chi connectivity index (χ0) is 23.3. The van der Waals surface area contributed by atoms with Crippen LogP contribution in [0.5, 0.6) is 5.75 Å². The fraction of sp³-hybridized carbons (Fsp3) is 0.120. The monoisotopic (exact) mass is 474 g/mol. The normalized spacial score (nSPS) is 12.8. The molecule has 3 heterocycles. The molecule has 0 unspecified atom stereocenters. The standard InChI is InChI=1S/C25H20ClFN6O/c26-17-2-5-22(27)21(12-17)25-13-18(15-30-32-25)31-23-6-8-29-24-14-19(3-4-20(23)24)34-11-10-33-9-1-7-28-16-33/h1-9,12-15H,10-11,16H2,(H,29,31,32). The topological polar surface area (TPSA) is 75.5 Å². The first kappa shape index (κ1) is 21.8. The third kappa shape index (κ3) is 4.97. The van der Waals surface area contributed by atoms with Crippen molar-refractivity contribution in [2.24, 2.45) is 4.99 Å². The lowest BCUT2D eigenvalue weighted by Crippen LogP contribution is -2.25. The van der Waals surface area contributed by atoms with E-state index in [1.807, 2.05) is 36.5 Å². The molecule has 0 fully saturated rings. The molecule has 1 aliphatic heterocycles. The molecule has 4 aromatic rings. The predicted octanol–water partition coefficient (Wildman–Crippen LogP) is 5.46. The molecule has 170 valence electrons. The summed E-state index contributed by atoms with van der Waals surface area (Å²) < 4.78 is 20.2. The Hall–Kier alpha value is -4.04. The maximum Gasteiger partial charge on any atom is 0.132 e. The van der Waals surface area contributed by atoms with Gasteiger partial charge in [0, 0.05) is 46.3 Å². The van der Waals surface area contributed by atoms with E-state index in [9.17, 15) is 4.39 Å². The number of nitrogens with one attached hydrogen (secondary N) is 1. The Morgan fingerprint density at radius 3 is 2.94 bits per heavy atom. The van der Waals surface area contributed by atoms with Crippen molar-refractivity contribution in [3.63, 3.8) is 0 Å². The van der Waals surface area contributed by atoms with Crippen LogP contribution in [0.25, 0.3) is 22.2 Å². The number of hydrogen-bond acceptors (Lipinski definition) is 7. The summed E-state index contributed by atoms with van der Waals surface area (Å²) in [5.41, 5.74) is 2.95. The maximum atomic E-state index is 14.3. The van der Waals surface area contributed by atoms with Crippen molar-refractivity contribution in [2.75, 3.05) is 25.1 Å². The van der Waals surface area contributed by atoms with E-state index in [-0.39, 0.29) is 5.56 Å². The van der Waals surface area contributed by atoms with Crippen molar-refractivity contribution in [3.8, 4) is 17.0 Å². The SMILES string of the molecule is Fc1ccc(Cl)cc1-c1cc(Nc2ccnc3cc(OCCN4C=CC=NC4)ccc23)cnn1. The summed E-state index contributed by atoms with van der Waals surface area (Å²) in [7, 11) is 0. The van der Waals surface area contributed by atoms with Crippen molar-refractivity contribution in [1.29, 1.82) is 0 Å². The zero-order valence-electron chi connectivity index (χ0n) is 18.0. The van der Waals surface area contributed by atoms with Crippen LogP contribution in [0.1, 0.15) is 0 Å². The van der Waals surface area contributed by atoms with E-state index >= 15 is 0 Å². The minimum Gasteiger partial charge on any atom is -0.492 e. The van der Waals surface area contributed by atoms with Gasteiger partial charge in [0.25, 0.3) is 0 Å². The quantitative estimate of drug-likeness (QED) is 0.383. The van der Waals surface area contributed by atoms with Crippen LogP contribution in [0.4, 0.5) is 15.8 Å². The largest absolute Gasteiger partial charge is 0.492 e. The Balaban J connectivity index is 1.33. The Labute approximate surface area is 200 Å². The third-order valence-corrected chi connectivity index (χ3v) is 5.49. The van der Waals surface area contributed by atoms with Gasteiger partial charge in [-0.15, -0.1) is 0 Å². The molecule has 2 aromatic carbocycles. The summed E-state index contributed by atoms with van der Waals surface area (Å²) in [6.07, 6.45) is 8.99. The van der Waals surface area contributed by atoms with Crippen LogP contribution >= 0.6 is 11.6 Å². The van der Waals surface area contributed by atoms with E-state index < -0.39 is 5.82 Å². The molecule has 2 aromatic heterocycles. The molecule has 9 heteroatoms.